The maximum absolute atomic E-state index is 11.6. The summed E-state index contributed by atoms with van der Waals surface area (Å²) in [5.41, 5.74) is -0.0975. The fourth-order valence-electron chi connectivity index (χ4n) is 1.59. The van der Waals surface area contributed by atoms with Crippen LogP contribution < -0.4 is 5.56 Å². The summed E-state index contributed by atoms with van der Waals surface area (Å²) in [6.45, 7) is 2.68. The van der Waals surface area contributed by atoms with Gasteiger partial charge in [0.2, 0.25) is 0 Å². The van der Waals surface area contributed by atoms with Crippen LogP contribution in [-0.2, 0) is 6.54 Å². The van der Waals surface area contributed by atoms with E-state index in [4.69, 9.17) is 16.7 Å². The van der Waals surface area contributed by atoms with Crippen LogP contribution in [0.25, 0.3) is 0 Å². The molecule has 0 aliphatic rings. The van der Waals surface area contributed by atoms with E-state index in [1.165, 1.54) is 6.07 Å². The van der Waals surface area contributed by atoms with E-state index in [1.54, 1.807) is 11.5 Å². The second kappa shape index (κ2) is 6.66. The highest BCUT2D eigenvalue weighted by atomic mass is 35.5. The van der Waals surface area contributed by atoms with Gasteiger partial charge in [-0.05, 0) is 19.8 Å². The molecule has 1 rings (SSSR count). The highest BCUT2D eigenvalue weighted by molar-refractivity contribution is 6.29. The smallest absolute Gasteiger partial charge is 0.254 e. The molecule has 0 unspecified atom stereocenters. The number of aromatic nitrogens is 2. The zero-order valence-electron chi connectivity index (χ0n) is 9.45. The topological polar surface area (TPSA) is 55.1 Å². The third kappa shape index (κ3) is 3.94. The fraction of sp³-hybridized carbons (Fsp3) is 0.636. The van der Waals surface area contributed by atoms with Crippen LogP contribution in [0.4, 0.5) is 0 Å². The van der Waals surface area contributed by atoms with E-state index in [9.17, 15) is 4.79 Å². The van der Waals surface area contributed by atoms with Gasteiger partial charge < -0.3 is 5.11 Å². The molecule has 0 saturated heterocycles. The van der Waals surface area contributed by atoms with Crippen molar-refractivity contribution in [2.45, 2.75) is 39.2 Å². The Kier molecular flexibility index (Phi) is 5.49. The SMILES string of the molecule is Cc1nc(Cl)cc(=O)n1CCCCCCO. The molecule has 1 aromatic rings. The molecule has 5 heteroatoms. The van der Waals surface area contributed by atoms with Crippen LogP contribution in [-0.4, -0.2) is 21.3 Å². The summed E-state index contributed by atoms with van der Waals surface area (Å²) < 4.78 is 1.63. The molecule has 0 aliphatic carbocycles. The molecule has 0 atom stereocenters. The molecule has 0 bridgehead atoms. The van der Waals surface area contributed by atoms with Crippen LogP contribution in [0, 0.1) is 6.92 Å². The lowest BCUT2D eigenvalue weighted by molar-refractivity contribution is 0.282. The van der Waals surface area contributed by atoms with Crippen LogP contribution in [0.2, 0.25) is 5.15 Å². The number of nitrogens with zero attached hydrogens (tertiary/aromatic N) is 2. The minimum atomic E-state index is -0.0975. The maximum Gasteiger partial charge on any atom is 0.254 e. The van der Waals surface area contributed by atoms with Gasteiger partial charge in [0.05, 0.1) is 0 Å². The molecule has 0 aromatic carbocycles. The summed E-state index contributed by atoms with van der Waals surface area (Å²) in [5, 5.41) is 8.87. The first-order valence-electron chi connectivity index (χ1n) is 5.50. The summed E-state index contributed by atoms with van der Waals surface area (Å²) >= 11 is 5.67. The zero-order chi connectivity index (χ0) is 12.0. The lowest BCUT2D eigenvalue weighted by Crippen LogP contribution is -2.22. The Morgan fingerprint density at radius 1 is 1.38 bits per heavy atom. The van der Waals surface area contributed by atoms with Gasteiger partial charge in [-0.25, -0.2) is 4.98 Å². The summed E-state index contributed by atoms with van der Waals surface area (Å²) in [5.74, 6) is 0.652. The Balaban J connectivity index is 2.51. The average molecular weight is 245 g/mol. The van der Waals surface area contributed by atoms with Crippen molar-refractivity contribution in [3.8, 4) is 0 Å². The highest BCUT2D eigenvalue weighted by Gasteiger charge is 2.03. The van der Waals surface area contributed by atoms with Crippen molar-refractivity contribution in [1.29, 1.82) is 0 Å². The lowest BCUT2D eigenvalue weighted by Gasteiger charge is -2.08. The molecule has 0 fully saturated rings. The molecule has 1 aromatic heterocycles. The Morgan fingerprint density at radius 2 is 2.06 bits per heavy atom. The van der Waals surface area contributed by atoms with Gasteiger partial charge in [-0.2, -0.15) is 0 Å². The van der Waals surface area contributed by atoms with Crippen LogP contribution >= 0.6 is 11.6 Å². The van der Waals surface area contributed by atoms with E-state index in [0.29, 0.717) is 12.4 Å². The van der Waals surface area contributed by atoms with E-state index in [2.05, 4.69) is 4.98 Å². The highest BCUT2D eigenvalue weighted by Crippen LogP contribution is 2.04. The van der Waals surface area contributed by atoms with Gasteiger partial charge in [-0.3, -0.25) is 9.36 Å². The number of aryl methyl sites for hydroxylation is 1. The van der Waals surface area contributed by atoms with E-state index < -0.39 is 0 Å². The molecule has 4 nitrogen and oxygen atoms in total. The Bertz CT molecular complexity index is 390. The normalized spacial score (nSPS) is 10.7. The van der Waals surface area contributed by atoms with Crippen LogP contribution in [0.15, 0.2) is 10.9 Å². The van der Waals surface area contributed by atoms with Crippen molar-refractivity contribution in [3.63, 3.8) is 0 Å². The minimum Gasteiger partial charge on any atom is -0.396 e. The van der Waals surface area contributed by atoms with Crippen molar-refractivity contribution in [3.05, 3.63) is 27.4 Å². The molecule has 90 valence electrons. The number of aliphatic hydroxyl groups excluding tert-OH is 1. The Hall–Kier alpha value is -0.870. The third-order valence-corrected chi connectivity index (χ3v) is 2.65. The second-order valence-corrected chi connectivity index (χ2v) is 4.14. The number of rotatable bonds is 6. The molecule has 1 N–H and O–H groups in total. The first kappa shape index (κ1) is 13.2. The van der Waals surface area contributed by atoms with Gasteiger partial charge in [0, 0.05) is 19.2 Å². The maximum atomic E-state index is 11.6. The minimum absolute atomic E-state index is 0.0975. The molecular weight excluding hydrogens is 228 g/mol. The fourth-order valence-corrected chi connectivity index (χ4v) is 1.81. The van der Waals surface area contributed by atoms with E-state index in [1.807, 2.05) is 0 Å². The van der Waals surface area contributed by atoms with E-state index in [-0.39, 0.29) is 17.3 Å². The van der Waals surface area contributed by atoms with Gasteiger partial charge in [-0.1, -0.05) is 24.4 Å². The van der Waals surface area contributed by atoms with Crippen LogP contribution in [0.3, 0.4) is 0 Å². The molecule has 0 amide bonds. The predicted molar refractivity (Wildman–Crippen MR) is 63.8 cm³/mol. The van der Waals surface area contributed by atoms with Gasteiger partial charge >= 0.3 is 0 Å². The lowest BCUT2D eigenvalue weighted by atomic mass is 10.2. The summed E-state index contributed by atoms with van der Waals surface area (Å²) in [4.78, 5) is 15.6. The molecule has 0 saturated carbocycles. The second-order valence-electron chi connectivity index (χ2n) is 3.75. The summed E-state index contributed by atoms with van der Waals surface area (Å²) in [6.07, 6.45) is 3.75. The standard InChI is InChI=1S/C11H17ClN2O2/c1-9-13-10(12)8-11(16)14(9)6-4-2-3-5-7-15/h8,15H,2-7H2,1H3. The predicted octanol–water partition coefficient (Wildman–Crippen LogP) is 1.76. The van der Waals surface area contributed by atoms with Crippen molar-refractivity contribution >= 4 is 11.6 Å². The monoisotopic (exact) mass is 244 g/mol. The third-order valence-electron chi connectivity index (χ3n) is 2.46. The molecule has 0 radical (unpaired) electrons. The Labute approximate surface area is 99.9 Å². The van der Waals surface area contributed by atoms with E-state index >= 15 is 0 Å². The molecule has 0 aliphatic heterocycles. The van der Waals surface area contributed by atoms with Crippen LogP contribution in [0.5, 0.6) is 0 Å². The number of halogens is 1. The number of aliphatic hydroxyl groups is 1. The molecule has 1 heterocycles. The van der Waals surface area contributed by atoms with Gasteiger partial charge in [0.15, 0.2) is 0 Å². The van der Waals surface area contributed by atoms with Gasteiger partial charge in [0.1, 0.15) is 11.0 Å². The molecule has 16 heavy (non-hydrogen) atoms. The van der Waals surface area contributed by atoms with E-state index in [0.717, 1.165) is 25.7 Å². The van der Waals surface area contributed by atoms with Gasteiger partial charge in [-0.15, -0.1) is 0 Å². The number of hydrogen-bond donors (Lipinski definition) is 1. The van der Waals surface area contributed by atoms with Crippen molar-refractivity contribution in [2.75, 3.05) is 6.61 Å². The van der Waals surface area contributed by atoms with Gasteiger partial charge in [0.25, 0.3) is 5.56 Å². The molecular formula is C11H17ClN2O2. The van der Waals surface area contributed by atoms with Crippen molar-refractivity contribution < 1.29 is 5.11 Å². The first-order valence-corrected chi connectivity index (χ1v) is 5.88. The summed E-state index contributed by atoms with van der Waals surface area (Å²) in [6, 6.07) is 1.34. The van der Waals surface area contributed by atoms with Crippen molar-refractivity contribution in [2.24, 2.45) is 0 Å². The largest absolute Gasteiger partial charge is 0.396 e. The summed E-state index contributed by atoms with van der Waals surface area (Å²) in [7, 11) is 0. The zero-order valence-corrected chi connectivity index (χ0v) is 10.2. The Morgan fingerprint density at radius 3 is 2.69 bits per heavy atom. The first-order chi connectivity index (χ1) is 7.65. The number of unbranched alkanes of at least 4 members (excludes halogenated alkanes) is 3. The molecule has 0 spiro atoms. The van der Waals surface area contributed by atoms with Crippen LogP contribution in [0.1, 0.15) is 31.5 Å². The quantitative estimate of drug-likeness (QED) is 0.613. The average Bonchev–Trinajstić information content (AvgIpc) is 2.20. The number of hydrogen-bond acceptors (Lipinski definition) is 3. The van der Waals surface area contributed by atoms with Crippen molar-refractivity contribution in [1.82, 2.24) is 9.55 Å².